The van der Waals surface area contributed by atoms with Crippen molar-refractivity contribution in [1.82, 2.24) is 19.6 Å². The predicted octanol–water partition coefficient (Wildman–Crippen LogP) is 2.19. The Morgan fingerprint density at radius 2 is 2.27 bits per heavy atom. The number of nitrogens with one attached hydrogen (secondary N) is 1. The Hall–Kier alpha value is -2.07. The van der Waals surface area contributed by atoms with Crippen LogP contribution in [0.5, 0.6) is 0 Å². The first-order chi connectivity index (χ1) is 12.8. The van der Waals surface area contributed by atoms with Gasteiger partial charge in [-0.25, -0.2) is 9.50 Å². The smallest absolute Gasteiger partial charge is 0.214 e. The van der Waals surface area contributed by atoms with Gasteiger partial charge in [-0.05, 0) is 12.1 Å². The van der Waals surface area contributed by atoms with E-state index in [0.29, 0.717) is 26.4 Å². The first kappa shape index (κ1) is 16.1. The van der Waals surface area contributed by atoms with E-state index in [1.807, 2.05) is 18.3 Å². The highest BCUT2D eigenvalue weighted by atomic mass is 32.1. The maximum atomic E-state index is 6.13. The molecule has 3 aromatic rings. The second-order valence-corrected chi connectivity index (χ2v) is 7.41. The van der Waals surface area contributed by atoms with Crippen LogP contribution in [0.1, 0.15) is 12.8 Å². The second kappa shape index (κ2) is 6.58. The molecule has 26 heavy (non-hydrogen) atoms. The molecule has 0 bridgehead atoms. The van der Waals surface area contributed by atoms with Crippen molar-refractivity contribution < 1.29 is 14.2 Å². The van der Waals surface area contributed by atoms with Crippen LogP contribution in [-0.2, 0) is 14.2 Å². The molecule has 2 aliphatic rings. The number of fused-ring (bicyclic) bond motifs is 1. The minimum atomic E-state index is -0.444. The van der Waals surface area contributed by atoms with Gasteiger partial charge >= 0.3 is 0 Å². The number of imidazole rings is 1. The summed E-state index contributed by atoms with van der Waals surface area (Å²) in [5.41, 5.74) is 1.86. The van der Waals surface area contributed by atoms with Gasteiger partial charge in [0.2, 0.25) is 10.1 Å². The maximum absolute atomic E-state index is 6.13. The van der Waals surface area contributed by atoms with Gasteiger partial charge in [0.25, 0.3) is 0 Å². The van der Waals surface area contributed by atoms with Gasteiger partial charge in [0.1, 0.15) is 6.10 Å². The largest absolute Gasteiger partial charge is 0.381 e. The van der Waals surface area contributed by atoms with Crippen molar-refractivity contribution >= 4 is 21.4 Å². The molecule has 2 aliphatic heterocycles. The summed E-state index contributed by atoms with van der Waals surface area (Å²) in [4.78, 5) is 9.59. The van der Waals surface area contributed by atoms with E-state index in [2.05, 4.69) is 20.4 Å². The summed E-state index contributed by atoms with van der Waals surface area (Å²) in [5, 5.41) is 8.71. The van der Waals surface area contributed by atoms with Crippen LogP contribution < -0.4 is 5.32 Å². The van der Waals surface area contributed by atoms with Crippen molar-refractivity contribution in [2.75, 3.05) is 31.7 Å². The van der Waals surface area contributed by atoms with Crippen molar-refractivity contribution in [1.29, 1.82) is 0 Å². The lowest BCUT2D eigenvalue weighted by molar-refractivity contribution is -0.209. The Morgan fingerprint density at radius 1 is 1.35 bits per heavy atom. The molecule has 5 heterocycles. The van der Waals surface area contributed by atoms with Crippen LogP contribution in [0.25, 0.3) is 16.2 Å². The van der Waals surface area contributed by atoms with Gasteiger partial charge in [-0.15, -0.1) is 5.10 Å². The third-order valence-electron chi connectivity index (χ3n) is 4.65. The summed E-state index contributed by atoms with van der Waals surface area (Å²) >= 11 is 1.52. The van der Waals surface area contributed by atoms with Crippen LogP contribution in [0.15, 0.2) is 30.7 Å². The van der Waals surface area contributed by atoms with E-state index in [1.165, 1.54) is 11.3 Å². The quantitative estimate of drug-likeness (QED) is 0.750. The van der Waals surface area contributed by atoms with Crippen LogP contribution in [0, 0.1) is 0 Å². The molecule has 5 rings (SSSR count). The van der Waals surface area contributed by atoms with Gasteiger partial charge in [-0.3, -0.25) is 4.98 Å². The van der Waals surface area contributed by atoms with E-state index in [1.54, 1.807) is 16.9 Å². The van der Waals surface area contributed by atoms with Crippen molar-refractivity contribution in [2.24, 2.45) is 0 Å². The number of ether oxygens (including phenoxy) is 3. The number of hydrogen-bond donors (Lipinski definition) is 1. The molecule has 0 saturated carbocycles. The fraction of sp³-hybridized carbons (Fsp3) is 0.471. The van der Waals surface area contributed by atoms with Gasteiger partial charge in [0.15, 0.2) is 5.79 Å². The van der Waals surface area contributed by atoms with Crippen LogP contribution in [-0.4, -0.2) is 57.8 Å². The molecule has 3 aromatic heterocycles. The zero-order chi connectivity index (χ0) is 17.4. The lowest BCUT2D eigenvalue weighted by atomic mass is 10.1. The van der Waals surface area contributed by atoms with Gasteiger partial charge < -0.3 is 19.5 Å². The Kier molecular flexibility index (Phi) is 4.08. The third kappa shape index (κ3) is 3.07. The lowest BCUT2D eigenvalue weighted by Gasteiger charge is -2.31. The molecule has 9 heteroatoms. The number of anilines is 1. The Labute approximate surface area is 154 Å². The second-order valence-electron chi connectivity index (χ2n) is 6.46. The molecule has 8 nitrogen and oxygen atoms in total. The first-order valence-corrected chi connectivity index (χ1v) is 9.51. The molecular formula is C17H19N5O3S. The lowest BCUT2D eigenvalue weighted by Crippen LogP contribution is -2.38. The average molecular weight is 373 g/mol. The highest BCUT2D eigenvalue weighted by Crippen LogP contribution is 2.33. The molecule has 2 fully saturated rings. The molecule has 0 amide bonds. The molecule has 0 radical (unpaired) electrons. The van der Waals surface area contributed by atoms with Crippen LogP contribution in [0.2, 0.25) is 0 Å². The Balaban J connectivity index is 1.23. The Morgan fingerprint density at radius 3 is 3.08 bits per heavy atom. The molecule has 2 saturated heterocycles. The zero-order valence-electron chi connectivity index (χ0n) is 14.1. The highest BCUT2D eigenvalue weighted by molar-refractivity contribution is 7.20. The van der Waals surface area contributed by atoms with E-state index in [-0.39, 0.29) is 6.10 Å². The van der Waals surface area contributed by atoms with Gasteiger partial charge in [0, 0.05) is 37.3 Å². The number of pyridine rings is 1. The number of aromatic nitrogens is 4. The fourth-order valence-corrected chi connectivity index (χ4v) is 4.08. The summed E-state index contributed by atoms with van der Waals surface area (Å²) in [6.07, 6.45) is 7.09. The van der Waals surface area contributed by atoms with Crippen molar-refractivity contribution in [2.45, 2.75) is 24.7 Å². The summed E-state index contributed by atoms with van der Waals surface area (Å²) in [5.74, 6) is -0.444. The SMILES string of the molecule is c1cncc(-c2cn3nc(NCC4COC5(CCOCC5)O4)sc3n2)c1. The average Bonchev–Trinajstić information content (AvgIpc) is 3.35. The standard InChI is InChI=1S/C17H19N5O3S/c1-2-12(8-18-5-1)14-10-22-16(20-14)26-15(21-22)19-9-13-11-24-17(25-13)3-6-23-7-4-17/h1-2,5,8,10,13H,3-4,6-7,9,11H2,(H,19,21). The summed E-state index contributed by atoms with van der Waals surface area (Å²) in [6.45, 7) is 2.65. The number of rotatable bonds is 4. The molecule has 0 aromatic carbocycles. The first-order valence-electron chi connectivity index (χ1n) is 8.70. The van der Waals surface area contributed by atoms with Crippen LogP contribution in [0.3, 0.4) is 0 Å². The summed E-state index contributed by atoms with van der Waals surface area (Å²) < 4.78 is 19.2. The van der Waals surface area contributed by atoms with E-state index >= 15 is 0 Å². The summed E-state index contributed by atoms with van der Waals surface area (Å²) in [6, 6.07) is 3.89. The molecule has 1 N–H and O–H groups in total. The molecule has 1 atom stereocenters. The molecular weight excluding hydrogens is 354 g/mol. The third-order valence-corrected chi connectivity index (χ3v) is 5.53. The topological polar surface area (TPSA) is 82.8 Å². The van der Waals surface area contributed by atoms with Gasteiger partial charge in [-0.1, -0.05) is 11.3 Å². The molecule has 0 aliphatic carbocycles. The van der Waals surface area contributed by atoms with E-state index < -0.39 is 5.79 Å². The van der Waals surface area contributed by atoms with Crippen molar-refractivity contribution in [3.63, 3.8) is 0 Å². The molecule has 1 unspecified atom stereocenters. The van der Waals surface area contributed by atoms with Crippen molar-refractivity contribution in [3.8, 4) is 11.3 Å². The maximum Gasteiger partial charge on any atom is 0.214 e. The molecule has 1 spiro atoms. The number of nitrogens with zero attached hydrogens (tertiary/aromatic N) is 4. The predicted molar refractivity (Wildman–Crippen MR) is 96.2 cm³/mol. The zero-order valence-corrected chi connectivity index (χ0v) is 14.9. The summed E-state index contributed by atoms with van der Waals surface area (Å²) in [7, 11) is 0. The van der Waals surface area contributed by atoms with Crippen molar-refractivity contribution in [3.05, 3.63) is 30.7 Å². The Bertz CT molecular complexity index is 859. The minimum Gasteiger partial charge on any atom is -0.381 e. The van der Waals surface area contributed by atoms with Crippen LogP contribution in [0.4, 0.5) is 5.13 Å². The van der Waals surface area contributed by atoms with Gasteiger partial charge in [-0.2, -0.15) is 0 Å². The van der Waals surface area contributed by atoms with E-state index in [0.717, 1.165) is 34.2 Å². The monoisotopic (exact) mass is 373 g/mol. The van der Waals surface area contributed by atoms with E-state index in [9.17, 15) is 0 Å². The minimum absolute atomic E-state index is 0.0234. The highest BCUT2D eigenvalue weighted by Gasteiger charge is 2.42. The normalized spacial score (nSPS) is 22.2. The molecule has 136 valence electrons. The number of hydrogen-bond acceptors (Lipinski definition) is 8. The fourth-order valence-electron chi connectivity index (χ4n) is 3.29. The van der Waals surface area contributed by atoms with Crippen LogP contribution >= 0.6 is 11.3 Å². The van der Waals surface area contributed by atoms with E-state index in [4.69, 9.17) is 14.2 Å². The van der Waals surface area contributed by atoms with Gasteiger partial charge in [0.05, 0.1) is 31.7 Å².